The first-order valence-corrected chi connectivity index (χ1v) is 5.39. The van der Waals surface area contributed by atoms with Crippen LogP contribution in [0.4, 0.5) is 4.79 Å². The molecule has 0 heterocycles. The van der Waals surface area contributed by atoms with E-state index in [1.54, 1.807) is 6.92 Å². The van der Waals surface area contributed by atoms with Crippen LogP contribution in [0.1, 0.15) is 20.8 Å². The van der Waals surface area contributed by atoms with Crippen LogP contribution in [0.3, 0.4) is 0 Å². The predicted molar refractivity (Wildman–Crippen MR) is 60.8 cm³/mol. The molecule has 88 valence electrons. The van der Waals surface area contributed by atoms with Gasteiger partial charge in [0.25, 0.3) is 0 Å². The van der Waals surface area contributed by atoms with E-state index in [1.165, 1.54) is 6.92 Å². The van der Waals surface area contributed by atoms with Gasteiger partial charge in [-0.1, -0.05) is 24.3 Å². The lowest BCUT2D eigenvalue weighted by Crippen LogP contribution is -2.45. The zero-order valence-corrected chi connectivity index (χ0v) is 9.84. The third-order valence-corrected chi connectivity index (χ3v) is 2.55. The van der Waals surface area contributed by atoms with Crippen molar-refractivity contribution in [3.05, 3.63) is 24.3 Å². The van der Waals surface area contributed by atoms with Gasteiger partial charge in [-0.2, -0.15) is 0 Å². The van der Waals surface area contributed by atoms with Crippen LogP contribution in [0, 0.1) is 5.92 Å². The summed E-state index contributed by atoms with van der Waals surface area (Å²) >= 11 is 0. The van der Waals surface area contributed by atoms with Crippen molar-refractivity contribution in [1.29, 1.82) is 0 Å². The summed E-state index contributed by atoms with van der Waals surface area (Å²) in [7, 11) is 0. The SMILES string of the molecule is CCOC(=O)N(C(C)=O)C(C)C1C=CC=C1. The van der Waals surface area contributed by atoms with Crippen LogP contribution in [-0.4, -0.2) is 29.5 Å². The van der Waals surface area contributed by atoms with Gasteiger partial charge in [-0.15, -0.1) is 0 Å². The molecule has 2 amide bonds. The highest BCUT2D eigenvalue weighted by Gasteiger charge is 2.29. The summed E-state index contributed by atoms with van der Waals surface area (Å²) in [6.07, 6.45) is 7.16. The smallest absolute Gasteiger partial charge is 0.416 e. The van der Waals surface area contributed by atoms with E-state index in [-0.39, 0.29) is 24.5 Å². The lowest BCUT2D eigenvalue weighted by molar-refractivity contribution is -0.129. The highest BCUT2D eigenvalue weighted by atomic mass is 16.6. The summed E-state index contributed by atoms with van der Waals surface area (Å²) in [6, 6.07) is -0.216. The van der Waals surface area contributed by atoms with Gasteiger partial charge in [0, 0.05) is 18.9 Å². The molecule has 0 aromatic heterocycles. The first-order chi connectivity index (χ1) is 7.57. The van der Waals surface area contributed by atoms with Gasteiger partial charge in [-0.05, 0) is 13.8 Å². The first kappa shape index (κ1) is 12.5. The van der Waals surface area contributed by atoms with Crippen LogP contribution in [0.25, 0.3) is 0 Å². The van der Waals surface area contributed by atoms with Crippen molar-refractivity contribution in [2.75, 3.05) is 6.61 Å². The maximum absolute atomic E-state index is 11.6. The zero-order chi connectivity index (χ0) is 12.1. The molecule has 0 spiro atoms. The largest absolute Gasteiger partial charge is 0.449 e. The van der Waals surface area contributed by atoms with E-state index in [0.717, 1.165) is 4.90 Å². The third kappa shape index (κ3) is 2.72. The topological polar surface area (TPSA) is 46.6 Å². The number of ether oxygens (including phenoxy) is 1. The molecule has 0 saturated heterocycles. The van der Waals surface area contributed by atoms with E-state index in [4.69, 9.17) is 4.74 Å². The number of rotatable bonds is 3. The molecule has 1 aliphatic rings. The predicted octanol–water partition coefficient (Wildman–Crippen LogP) is 2.12. The number of carbonyl (C=O) groups excluding carboxylic acids is 2. The molecule has 4 heteroatoms. The molecule has 0 saturated carbocycles. The van der Waals surface area contributed by atoms with E-state index >= 15 is 0 Å². The van der Waals surface area contributed by atoms with Gasteiger partial charge in [0.15, 0.2) is 0 Å². The van der Waals surface area contributed by atoms with E-state index in [1.807, 2.05) is 31.2 Å². The normalized spacial score (nSPS) is 16.2. The van der Waals surface area contributed by atoms with Crippen LogP contribution in [0.2, 0.25) is 0 Å². The van der Waals surface area contributed by atoms with Crippen molar-refractivity contribution in [3.63, 3.8) is 0 Å². The Morgan fingerprint density at radius 1 is 1.38 bits per heavy atom. The van der Waals surface area contributed by atoms with Gasteiger partial charge in [-0.3, -0.25) is 4.79 Å². The fourth-order valence-electron chi connectivity index (χ4n) is 1.72. The average molecular weight is 223 g/mol. The molecule has 0 N–H and O–H groups in total. The molecular formula is C12H17NO3. The zero-order valence-electron chi connectivity index (χ0n) is 9.84. The van der Waals surface area contributed by atoms with Gasteiger partial charge in [0.2, 0.25) is 5.91 Å². The minimum atomic E-state index is -0.573. The quantitative estimate of drug-likeness (QED) is 0.736. The Kier molecular flexibility index (Phi) is 4.28. The summed E-state index contributed by atoms with van der Waals surface area (Å²) in [6.45, 7) is 5.20. The molecule has 0 aromatic rings. The van der Waals surface area contributed by atoms with Gasteiger partial charge >= 0.3 is 6.09 Å². The standard InChI is InChI=1S/C12H17NO3/c1-4-16-12(15)13(10(3)14)9(2)11-7-5-6-8-11/h5-9,11H,4H2,1-3H3. The number of hydrogen-bond donors (Lipinski definition) is 0. The Hall–Kier alpha value is -1.58. The van der Waals surface area contributed by atoms with Crippen molar-refractivity contribution in [3.8, 4) is 0 Å². The Morgan fingerprint density at radius 2 is 1.94 bits per heavy atom. The number of amides is 2. The van der Waals surface area contributed by atoms with Crippen LogP contribution < -0.4 is 0 Å². The number of imide groups is 1. The van der Waals surface area contributed by atoms with Gasteiger partial charge in [0.05, 0.1) is 6.61 Å². The van der Waals surface area contributed by atoms with Crippen LogP contribution >= 0.6 is 0 Å². The lowest BCUT2D eigenvalue weighted by atomic mass is 10.0. The Bertz CT molecular complexity index is 321. The molecule has 0 aromatic carbocycles. The monoisotopic (exact) mass is 223 g/mol. The van der Waals surface area contributed by atoms with E-state index < -0.39 is 6.09 Å². The second-order valence-corrected chi connectivity index (χ2v) is 3.68. The highest BCUT2D eigenvalue weighted by molar-refractivity contribution is 5.91. The maximum atomic E-state index is 11.6. The first-order valence-electron chi connectivity index (χ1n) is 5.39. The van der Waals surface area contributed by atoms with Gasteiger partial charge in [0.1, 0.15) is 0 Å². The molecular weight excluding hydrogens is 206 g/mol. The van der Waals surface area contributed by atoms with Crippen molar-refractivity contribution in [2.45, 2.75) is 26.8 Å². The van der Waals surface area contributed by atoms with Crippen LogP contribution in [0.5, 0.6) is 0 Å². The van der Waals surface area contributed by atoms with Crippen LogP contribution in [0.15, 0.2) is 24.3 Å². The molecule has 1 rings (SSSR count). The third-order valence-electron chi connectivity index (χ3n) is 2.55. The molecule has 1 aliphatic carbocycles. The summed E-state index contributed by atoms with van der Waals surface area (Å²) < 4.78 is 4.86. The van der Waals surface area contributed by atoms with Crippen molar-refractivity contribution < 1.29 is 14.3 Å². The lowest BCUT2D eigenvalue weighted by Gasteiger charge is -2.28. The molecule has 16 heavy (non-hydrogen) atoms. The Labute approximate surface area is 95.6 Å². The highest BCUT2D eigenvalue weighted by Crippen LogP contribution is 2.19. The molecule has 1 unspecified atom stereocenters. The maximum Gasteiger partial charge on any atom is 0.416 e. The minimum Gasteiger partial charge on any atom is -0.449 e. The number of nitrogens with zero attached hydrogens (tertiary/aromatic N) is 1. The molecule has 0 aliphatic heterocycles. The summed E-state index contributed by atoms with van der Waals surface area (Å²) in [5.74, 6) is -0.215. The summed E-state index contributed by atoms with van der Waals surface area (Å²) in [5, 5.41) is 0. The van der Waals surface area contributed by atoms with Crippen molar-refractivity contribution >= 4 is 12.0 Å². The number of carbonyl (C=O) groups is 2. The Balaban J connectivity index is 2.76. The average Bonchev–Trinajstić information content (AvgIpc) is 2.70. The molecule has 0 fully saturated rings. The van der Waals surface area contributed by atoms with E-state index in [9.17, 15) is 9.59 Å². The molecule has 0 radical (unpaired) electrons. The Morgan fingerprint density at radius 3 is 2.38 bits per heavy atom. The van der Waals surface area contributed by atoms with E-state index in [0.29, 0.717) is 0 Å². The number of hydrogen-bond acceptors (Lipinski definition) is 3. The van der Waals surface area contributed by atoms with Crippen molar-refractivity contribution in [2.24, 2.45) is 5.92 Å². The molecule has 1 atom stereocenters. The molecule has 0 bridgehead atoms. The minimum absolute atomic E-state index is 0.0771. The second-order valence-electron chi connectivity index (χ2n) is 3.68. The summed E-state index contributed by atoms with van der Waals surface area (Å²) in [5.41, 5.74) is 0. The van der Waals surface area contributed by atoms with Crippen molar-refractivity contribution in [1.82, 2.24) is 4.90 Å². The van der Waals surface area contributed by atoms with Gasteiger partial charge in [-0.25, -0.2) is 9.69 Å². The van der Waals surface area contributed by atoms with Crippen LogP contribution in [-0.2, 0) is 9.53 Å². The van der Waals surface area contributed by atoms with E-state index in [2.05, 4.69) is 0 Å². The fraction of sp³-hybridized carbons (Fsp3) is 0.500. The second kappa shape index (κ2) is 5.49. The van der Waals surface area contributed by atoms with Gasteiger partial charge < -0.3 is 4.74 Å². The summed E-state index contributed by atoms with van der Waals surface area (Å²) in [4.78, 5) is 24.2. The molecule has 4 nitrogen and oxygen atoms in total. The number of allylic oxidation sites excluding steroid dienone is 2. The fourth-order valence-corrected chi connectivity index (χ4v) is 1.72.